The fourth-order valence-corrected chi connectivity index (χ4v) is 7.18. The normalized spacial score (nSPS) is 29.4. The minimum atomic E-state index is -3.36. The molecule has 0 aliphatic carbocycles. The molecule has 0 aromatic heterocycles. The second-order valence-corrected chi connectivity index (χ2v) is 10.6. The smallest absolute Gasteiger partial charge is 0.217 e. The van der Waals surface area contributed by atoms with Crippen molar-refractivity contribution in [1.82, 2.24) is 4.31 Å². The van der Waals surface area contributed by atoms with Crippen molar-refractivity contribution in [3.8, 4) is 0 Å². The second kappa shape index (κ2) is 6.50. The predicted molar refractivity (Wildman–Crippen MR) is 80.2 cm³/mol. The van der Waals surface area contributed by atoms with E-state index in [-0.39, 0.29) is 24.3 Å². The molecule has 118 valence electrons. The van der Waals surface area contributed by atoms with E-state index in [0.717, 1.165) is 19.3 Å². The Bertz CT molecular complexity index is 516. The molecular formula is C12H22ClNO4S2. The Morgan fingerprint density at radius 2 is 1.80 bits per heavy atom. The van der Waals surface area contributed by atoms with Crippen molar-refractivity contribution in [3.63, 3.8) is 0 Å². The number of hydrogen-bond acceptors (Lipinski definition) is 4. The number of hydrogen-bond donors (Lipinski definition) is 0. The molecule has 2 fully saturated rings. The first-order valence-corrected chi connectivity index (χ1v) is 11.0. The lowest BCUT2D eigenvalue weighted by molar-refractivity contribution is 0.259. The van der Waals surface area contributed by atoms with E-state index < -0.39 is 25.1 Å². The number of piperidine rings is 1. The predicted octanol–water partition coefficient (Wildman–Crippen LogP) is 1.23. The average Bonchev–Trinajstić information content (AvgIpc) is 2.39. The van der Waals surface area contributed by atoms with Crippen LogP contribution in [0.15, 0.2) is 0 Å². The van der Waals surface area contributed by atoms with Crippen molar-refractivity contribution < 1.29 is 16.8 Å². The third-order valence-electron chi connectivity index (χ3n) is 4.28. The molecular weight excluding hydrogens is 322 g/mol. The summed E-state index contributed by atoms with van der Waals surface area (Å²) in [4.78, 5) is 0. The van der Waals surface area contributed by atoms with Gasteiger partial charge >= 0.3 is 0 Å². The minimum absolute atomic E-state index is 0.00412. The van der Waals surface area contributed by atoms with Crippen LogP contribution in [-0.2, 0) is 19.9 Å². The molecule has 2 heterocycles. The number of halogens is 1. The molecule has 1 unspecified atom stereocenters. The minimum Gasteiger partial charge on any atom is -0.229 e. The summed E-state index contributed by atoms with van der Waals surface area (Å²) in [7, 11) is -6.39. The van der Waals surface area contributed by atoms with E-state index in [1.165, 1.54) is 0 Å². The van der Waals surface area contributed by atoms with Crippen LogP contribution in [0.2, 0.25) is 0 Å². The monoisotopic (exact) mass is 343 g/mol. The summed E-state index contributed by atoms with van der Waals surface area (Å²) in [5, 5.41) is -0.527. The summed E-state index contributed by atoms with van der Waals surface area (Å²) >= 11 is 5.74. The van der Waals surface area contributed by atoms with Gasteiger partial charge in [0, 0.05) is 19.0 Å². The van der Waals surface area contributed by atoms with Gasteiger partial charge in [-0.05, 0) is 38.0 Å². The van der Waals surface area contributed by atoms with E-state index in [1.807, 2.05) is 0 Å². The molecule has 0 radical (unpaired) electrons. The van der Waals surface area contributed by atoms with E-state index >= 15 is 0 Å². The molecule has 20 heavy (non-hydrogen) atoms. The summed E-state index contributed by atoms with van der Waals surface area (Å²) in [6, 6.07) is 0. The molecule has 2 saturated heterocycles. The van der Waals surface area contributed by atoms with E-state index in [9.17, 15) is 16.8 Å². The third-order valence-corrected chi connectivity index (χ3v) is 8.58. The Labute approximate surface area is 126 Å². The van der Waals surface area contributed by atoms with Crippen molar-refractivity contribution in [2.75, 3.05) is 30.5 Å². The van der Waals surface area contributed by atoms with Crippen LogP contribution in [0.1, 0.15) is 32.1 Å². The number of nitrogens with zero attached hydrogens (tertiary/aromatic N) is 1. The average molecular weight is 344 g/mol. The first-order chi connectivity index (χ1) is 9.35. The van der Waals surface area contributed by atoms with Gasteiger partial charge in [0.15, 0.2) is 0 Å². The largest absolute Gasteiger partial charge is 0.229 e. The van der Waals surface area contributed by atoms with Crippen LogP contribution in [0.3, 0.4) is 0 Å². The molecule has 2 aliphatic rings. The Balaban J connectivity index is 2.03. The molecule has 5 nitrogen and oxygen atoms in total. The Kier molecular flexibility index (Phi) is 5.37. The molecule has 0 aromatic carbocycles. The second-order valence-electron chi connectivity index (χ2n) is 5.74. The third kappa shape index (κ3) is 3.87. The zero-order chi connectivity index (χ0) is 14.8. The van der Waals surface area contributed by atoms with Gasteiger partial charge in [0.25, 0.3) is 0 Å². The van der Waals surface area contributed by atoms with E-state index in [1.54, 1.807) is 4.31 Å². The Morgan fingerprint density at radius 1 is 1.15 bits per heavy atom. The molecule has 0 spiro atoms. The summed E-state index contributed by atoms with van der Waals surface area (Å²) in [6.45, 7) is 1.10. The van der Waals surface area contributed by atoms with Crippen LogP contribution in [0.5, 0.6) is 0 Å². The topological polar surface area (TPSA) is 71.5 Å². The molecule has 0 saturated carbocycles. The maximum atomic E-state index is 12.6. The molecule has 1 atom stereocenters. The lowest BCUT2D eigenvalue weighted by Crippen LogP contribution is -2.46. The quantitative estimate of drug-likeness (QED) is 0.720. The highest BCUT2D eigenvalue weighted by Crippen LogP contribution is 2.28. The molecule has 2 aliphatic heterocycles. The van der Waals surface area contributed by atoms with Gasteiger partial charge in [0.2, 0.25) is 10.0 Å². The molecule has 0 amide bonds. The van der Waals surface area contributed by atoms with E-state index in [0.29, 0.717) is 24.9 Å². The van der Waals surface area contributed by atoms with Crippen molar-refractivity contribution in [3.05, 3.63) is 0 Å². The van der Waals surface area contributed by atoms with Crippen molar-refractivity contribution in [2.45, 2.75) is 37.4 Å². The van der Waals surface area contributed by atoms with Crippen molar-refractivity contribution in [1.29, 1.82) is 0 Å². The maximum absolute atomic E-state index is 12.6. The van der Waals surface area contributed by atoms with Gasteiger partial charge in [0.05, 0.1) is 16.8 Å². The Hall–Kier alpha value is 0.150. The van der Waals surface area contributed by atoms with Gasteiger partial charge in [-0.1, -0.05) is 0 Å². The Morgan fingerprint density at radius 3 is 2.40 bits per heavy atom. The zero-order valence-electron chi connectivity index (χ0n) is 11.5. The lowest BCUT2D eigenvalue weighted by atomic mass is 9.97. The molecule has 8 heteroatoms. The van der Waals surface area contributed by atoms with Crippen molar-refractivity contribution in [2.24, 2.45) is 5.92 Å². The van der Waals surface area contributed by atoms with Gasteiger partial charge < -0.3 is 0 Å². The maximum Gasteiger partial charge on any atom is 0.217 e. The highest BCUT2D eigenvalue weighted by molar-refractivity contribution is 7.92. The van der Waals surface area contributed by atoms with Crippen LogP contribution < -0.4 is 0 Å². The van der Waals surface area contributed by atoms with Gasteiger partial charge in [0.1, 0.15) is 9.84 Å². The summed E-state index contributed by atoms with van der Waals surface area (Å²) in [5.41, 5.74) is 0. The molecule has 0 aromatic rings. The fraction of sp³-hybridized carbons (Fsp3) is 1.00. The number of rotatable bonds is 4. The van der Waals surface area contributed by atoms with Gasteiger partial charge in [-0.15, -0.1) is 11.6 Å². The summed E-state index contributed by atoms with van der Waals surface area (Å²) in [6.07, 6.45) is 3.21. The number of alkyl halides is 1. The van der Waals surface area contributed by atoms with Crippen LogP contribution in [0.25, 0.3) is 0 Å². The SMILES string of the molecule is O=S1(=O)CCC(S(=O)(=O)N2CCCC(CCCl)C2)CC1. The van der Waals surface area contributed by atoms with Crippen molar-refractivity contribution >= 4 is 31.5 Å². The summed E-state index contributed by atoms with van der Waals surface area (Å²) in [5.74, 6) is 0.884. The zero-order valence-corrected chi connectivity index (χ0v) is 13.9. The molecule has 0 N–H and O–H groups in total. The first-order valence-electron chi connectivity index (χ1n) is 7.10. The highest BCUT2D eigenvalue weighted by atomic mass is 35.5. The standard InChI is InChI=1S/C12H22ClNO4S2/c13-6-3-11-2-1-7-14(10-11)20(17,18)12-4-8-19(15,16)9-5-12/h11-12H,1-10H2. The van der Waals surface area contributed by atoms with E-state index in [2.05, 4.69) is 0 Å². The van der Waals surface area contributed by atoms with E-state index in [4.69, 9.17) is 11.6 Å². The number of sulfonamides is 1. The summed E-state index contributed by atoms with van der Waals surface area (Å²) < 4.78 is 49.6. The van der Waals surface area contributed by atoms with Gasteiger partial charge in [-0.3, -0.25) is 0 Å². The van der Waals surface area contributed by atoms with Crippen LogP contribution in [0.4, 0.5) is 0 Å². The lowest BCUT2D eigenvalue weighted by Gasteiger charge is -2.35. The molecule has 0 bridgehead atoms. The fourth-order valence-electron chi connectivity index (χ4n) is 3.03. The first kappa shape index (κ1) is 16.5. The van der Waals surface area contributed by atoms with Crippen LogP contribution in [0, 0.1) is 5.92 Å². The molecule has 2 rings (SSSR count). The number of sulfone groups is 1. The van der Waals surface area contributed by atoms with Gasteiger partial charge in [-0.25, -0.2) is 21.1 Å². The van der Waals surface area contributed by atoms with Crippen LogP contribution >= 0.6 is 11.6 Å². The van der Waals surface area contributed by atoms with Crippen LogP contribution in [-0.4, -0.2) is 56.9 Å². The van der Waals surface area contributed by atoms with Gasteiger partial charge in [-0.2, -0.15) is 0 Å². The highest BCUT2D eigenvalue weighted by Gasteiger charge is 2.38.